The lowest BCUT2D eigenvalue weighted by atomic mass is 9.70. The van der Waals surface area contributed by atoms with Gasteiger partial charge in [0.25, 0.3) is 5.91 Å². The van der Waals surface area contributed by atoms with Crippen molar-refractivity contribution >= 4 is 40.9 Å². The number of morpholine rings is 1. The Balaban J connectivity index is 1.24. The molecule has 60 heavy (non-hydrogen) atoms. The number of aliphatic hydroxyl groups is 1. The van der Waals surface area contributed by atoms with Gasteiger partial charge >= 0.3 is 12.4 Å². The first kappa shape index (κ1) is 45.6. The number of carbonyl (C=O) groups excluding carboxylic acids is 3. The summed E-state index contributed by atoms with van der Waals surface area (Å²) in [6, 6.07) is 13.5. The third-order valence-corrected chi connectivity index (χ3v) is 13.1. The maximum absolute atomic E-state index is 13.9. The van der Waals surface area contributed by atoms with Gasteiger partial charge in [0.15, 0.2) is 0 Å². The Bertz CT molecular complexity index is 2030. The Hall–Kier alpha value is -3.89. The predicted octanol–water partition coefficient (Wildman–Crippen LogP) is 7.83. The van der Waals surface area contributed by atoms with E-state index in [1.165, 1.54) is 11.8 Å². The number of ether oxygens (including phenoxy) is 1. The van der Waals surface area contributed by atoms with Crippen molar-refractivity contribution in [3.8, 4) is 0 Å². The molecule has 3 amide bonds. The number of unbranched alkanes of at least 4 members (excludes halogenated alkanes) is 1. The highest BCUT2D eigenvalue weighted by atomic mass is 35.5. The predicted molar refractivity (Wildman–Crippen MR) is 214 cm³/mol. The maximum Gasteiger partial charge on any atom is 0.416 e. The van der Waals surface area contributed by atoms with Crippen molar-refractivity contribution in [2.24, 2.45) is 0 Å². The van der Waals surface area contributed by atoms with Crippen molar-refractivity contribution in [2.75, 3.05) is 66.1 Å². The highest BCUT2D eigenvalue weighted by molar-refractivity contribution is 6.42. The van der Waals surface area contributed by atoms with Gasteiger partial charge in [0, 0.05) is 57.2 Å². The molecular formula is C43H48Cl2F6N4O5. The molecule has 0 saturated carbocycles. The number of likely N-dealkylation sites (N-methyl/N-ethyl adjacent to an activating group) is 1. The summed E-state index contributed by atoms with van der Waals surface area (Å²) in [7, 11) is 1.70. The van der Waals surface area contributed by atoms with Crippen LogP contribution in [-0.4, -0.2) is 115 Å². The van der Waals surface area contributed by atoms with Gasteiger partial charge in [-0.25, -0.2) is 0 Å². The zero-order valence-corrected chi connectivity index (χ0v) is 34.9. The minimum Gasteiger partial charge on any atom is -0.396 e. The summed E-state index contributed by atoms with van der Waals surface area (Å²) in [6.45, 7) is 3.17. The molecule has 326 valence electrons. The van der Waals surface area contributed by atoms with Gasteiger partial charge in [-0.15, -0.1) is 0 Å². The smallest absolute Gasteiger partial charge is 0.396 e. The van der Waals surface area contributed by atoms with Gasteiger partial charge in [-0.1, -0.05) is 53.5 Å². The molecule has 2 aliphatic heterocycles. The molecule has 3 aromatic rings. The number of nitrogens with zero attached hydrogens (tertiary/aromatic N) is 4. The molecule has 2 saturated heterocycles. The summed E-state index contributed by atoms with van der Waals surface area (Å²) in [5, 5.41) is 9.64. The van der Waals surface area contributed by atoms with E-state index in [9.17, 15) is 45.8 Å². The molecule has 1 N–H and O–H groups in total. The van der Waals surface area contributed by atoms with E-state index >= 15 is 0 Å². The number of aliphatic hydroxyl groups excluding tert-OH is 1. The van der Waals surface area contributed by atoms with Crippen molar-refractivity contribution in [1.82, 2.24) is 19.6 Å². The molecule has 3 aliphatic rings. The number of amides is 3. The van der Waals surface area contributed by atoms with Crippen LogP contribution in [0.2, 0.25) is 10.0 Å². The van der Waals surface area contributed by atoms with Gasteiger partial charge in [-0.2, -0.15) is 26.3 Å². The Morgan fingerprint density at radius 3 is 2.18 bits per heavy atom. The number of benzene rings is 3. The molecule has 2 fully saturated rings. The van der Waals surface area contributed by atoms with Crippen LogP contribution in [0.1, 0.15) is 77.2 Å². The molecule has 1 aliphatic carbocycles. The second-order valence-corrected chi connectivity index (χ2v) is 16.8. The number of likely N-dealkylation sites (tertiary alicyclic amines) is 1. The topological polar surface area (TPSA) is 93.6 Å². The van der Waals surface area contributed by atoms with Crippen LogP contribution in [0.15, 0.2) is 60.7 Å². The Kier molecular flexibility index (Phi) is 13.9. The number of hydrogen-bond donors (Lipinski definition) is 1. The summed E-state index contributed by atoms with van der Waals surface area (Å²) in [5.74, 6) is -1.40. The minimum absolute atomic E-state index is 0.0103. The minimum atomic E-state index is -5.13. The third kappa shape index (κ3) is 9.75. The number of piperidine rings is 1. The first-order valence-electron chi connectivity index (χ1n) is 19.9. The normalized spacial score (nSPS) is 20.6. The number of fused-ring (bicyclic) bond motifs is 2. The monoisotopic (exact) mass is 884 g/mol. The molecule has 2 heterocycles. The van der Waals surface area contributed by atoms with Gasteiger partial charge in [-0.05, 0) is 98.6 Å². The summed E-state index contributed by atoms with van der Waals surface area (Å²) in [4.78, 5) is 47.3. The average Bonchev–Trinajstić information content (AvgIpc) is 3.52. The van der Waals surface area contributed by atoms with E-state index < -0.39 is 46.0 Å². The van der Waals surface area contributed by atoms with Gasteiger partial charge in [0.2, 0.25) is 11.8 Å². The van der Waals surface area contributed by atoms with E-state index in [0.717, 1.165) is 11.1 Å². The molecule has 6 rings (SSSR count). The van der Waals surface area contributed by atoms with Gasteiger partial charge in [0.05, 0.1) is 34.3 Å². The summed E-state index contributed by atoms with van der Waals surface area (Å²) >= 11 is 12.7. The van der Waals surface area contributed by atoms with Gasteiger partial charge < -0.3 is 29.4 Å². The van der Waals surface area contributed by atoms with Crippen LogP contribution in [-0.2, 0) is 44.1 Å². The van der Waals surface area contributed by atoms with E-state index in [-0.39, 0.29) is 73.2 Å². The van der Waals surface area contributed by atoms with E-state index in [0.29, 0.717) is 76.0 Å². The standard InChI is InChI=1S/C43H48Cl2F6N4O5/c1-28(57)55(26-38(58)52(2)14-5-6-19-56)37-23-29-7-3-4-8-34(29)40(37)11-15-53(16-12-40)17-13-41(31-9-10-35(44)36(45)25-31)27-54(18-20-60-41)39(59)30-21-32(42(46,47)48)24-33(22-30)43(49,50)51/h3-4,7-10,21-22,24-25,37,56H,5-6,11-20,23,26-27H2,1-2H3/t37?,41-/m0/s1. The van der Waals surface area contributed by atoms with Gasteiger partial charge in [0.1, 0.15) is 12.1 Å². The van der Waals surface area contributed by atoms with Crippen LogP contribution < -0.4 is 0 Å². The number of halogens is 8. The highest BCUT2D eigenvalue weighted by Crippen LogP contribution is 2.49. The second kappa shape index (κ2) is 18.2. The zero-order valence-electron chi connectivity index (χ0n) is 33.4. The van der Waals surface area contributed by atoms with Gasteiger partial charge in [-0.3, -0.25) is 14.4 Å². The number of hydrogen-bond acceptors (Lipinski definition) is 6. The quantitative estimate of drug-likeness (QED) is 0.147. The third-order valence-electron chi connectivity index (χ3n) is 12.4. The van der Waals surface area contributed by atoms with Crippen LogP contribution in [0.4, 0.5) is 26.3 Å². The van der Waals surface area contributed by atoms with Crippen LogP contribution in [0, 0.1) is 0 Å². The van der Waals surface area contributed by atoms with E-state index in [2.05, 4.69) is 17.0 Å². The SMILES string of the molecule is CC(=O)N(CC(=O)N(C)CCCCO)C1Cc2ccccc2C12CCN(CC[C@@]1(c3ccc(Cl)c(Cl)c3)CN(C(=O)c3cc(C(F)(F)F)cc(C(F)(F)F)c3)CCO1)CC2. The van der Waals surface area contributed by atoms with Crippen molar-refractivity contribution in [3.63, 3.8) is 0 Å². The molecule has 1 unspecified atom stereocenters. The van der Waals surface area contributed by atoms with Crippen molar-refractivity contribution in [3.05, 3.63) is 104 Å². The zero-order chi connectivity index (χ0) is 43.6. The number of carbonyl (C=O) groups is 3. The number of alkyl halides is 6. The average molecular weight is 886 g/mol. The van der Waals surface area contributed by atoms with Crippen LogP contribution in [0.5, 0.6) is 0 Å². The van der Waals surface area contributed by atoms with E-state index in [1.807, 2.05) is 12.1 Å². The Morgan fingerprint density at radius 1 is 0.900 bits per heavy atom. The highest BCUT2D eigenvalue weighted by Gasteiger charge is 2.52. The van der Waals surface area contributed by atoms with Crippen LogP contribution >= 0.6 is 23.2 Å². The second-order valence-electron chi connectivity index (χ2n) is 16.0. The maximum atomic E-state index is 13.9. The Labute approximate surface area is 355 Å². The lowest BCUT2D eigenvalue weighted by Gasteiger charge is -2.48. The van der Waals surface area contributed by atoms with E-state index in [1.54, 1.807) is 35.0 Å². The summed E-state index contributed by atoms with van der Waals surface area (Å²) < 4.78 is 88.9. The Morgan fingerprint density at radius 2 is 1.57 bits per heavy atom. The molecule has 2 atom stereocenters. The molecule has 0 radical (unpaired) electrons. The lowest BCUT2D eigenvalue weighted by Crippen LogP contribution is -2.57. The largest absolute Gasteiger partial charge is 0.416 e. The molecule has 0 aromatic heterocycles. The fourth-order valence-electron chi connectivity index (χ4n) is 9.05. The fraction of sp³-hybridized carbons (Fsp3) is 0.512. The molecule has 1 spiro atoms. The van der Waals surface area contributed by atoms with Crippen molar-refractivity contribution in [2.45, 2.75) is 74.9 Å². The van der Waals surface area contributed by atoms with Crippen LogP contribution in [0.25, 0.3) is 0 Å². The molecule has 0 bridgehead atoms. The van der Waals surface area contributed by atoms with Crippen molar-refractivity contribution < 1.29 is 50.6 Å². The molecule has 3 aromatic carbocycles. The molecule has 17 heteroatoms. The lowest BCUT2D eigenvalue weighted by molar-refractivity contribution is -0.143. The number of rotatable bonds is 12. The first-order valence-corrected chi connectivity index (χ1v) is 20.6. The molecule has 9 nitrogen and oxygen atoms in total. The first-order chi connectivity index (χ1) is 28.3. The van der Waals surface area contributed by atoms with Crippen LogP contribution in [0.3, 0.4) is 0 Å². The summed E-state index contributed by atoms with van der Waals surface area (Å²) in [5.41, 5.74) is -2.82. The van der Waals surface area contributed by atoms with E-state index in [4.69, 9.17) is 27.9 Å². The fourth-order valence-corrected chi connectivity index (χ4v) is 9.35. The summed E-state index contributed by atoms with van der Waals surface area (Å²) in [6.07, 6.45) is -6.88. The molecular weight excluding hydrogens is 837 g/mol. The van der Waals surface area contributed by atoms with Crippen molar-refractivity contribution in [1.29, 1.82) is 0 Å².